The smallest absolute Gasteiger partial charge is 0.330 e. The number of methoxy groups -OCH3 is 1. The first-order chi connectivity index (χ1) is 10.6. The van der Waals surface area contributed by atoms with Crippen LogP contribution in [0.5, 0.6) is 0 Å². The second-order valence-electron chi connectivity index (χ2n) is 4.71. The molecule has 0 aliphatic heterocycles. The van der Waals surface area contributed by atoms with E-state index in [2.05, 4.69) is 10.1 Å². The van der Waals surface area contributed by atoms with Crippen molar-refractivity contribution >= 4 is 23.6 Å². The Balaban J connectivity index is 2.26. The Hall–Kier alpha value is -2.88. The topological polar surface area (TPSA) is 55.4 Å². The number of carbonyl (C=O) groups is 2. The first-order valence-electron chi connectivity index (χ1n) is 6.83. The molecule has 2 aromatic carbocycles. The number of rotatable bonds is 4. The monoisotopic (exact) mass is 295 g/mol. The molecule has 0 heterocycles. The van der Waals surface area contributed by atoms with Crippen LogP contribution in [0.1, 0.15) is 12.5 Å². The molecule has 2 rings (SSSR count). The van der Waals surface area contributed by atoms with E-state index in [4.69, 9.17) is 0 Å². The molecule has 4 heteroatoms. The van der Waals surface area contributed by atoms with Gasteiger partial charge < -0.3 is 10.1 Å². The van der Waals surface area contributed by atoms with Crippen LogP contribution in [-0.4, -0.2) is 19.0 Å². The van der Waals surface area contributed by atoms with E-state index in [0.29, 0.717) is 0 Å². The van der Waals surface area contributed by atoms with E-state index in [1.54, 1.807) is 6.08 Å². The Kier molecular flexibility index (Phi) is 5.09. The van der Waals surface area contributed by atoms with Gasteiger partial charge in [-0.3, -0.25) is 4.79 Å². The molecule has 0 spiro atoms. The van der Waals surface area contributed by atoms with Crippen molar-refractivity contribution in [2.24, 2.45) is 0 Å². The summed E-state index contributed by atoms with van der Waals surface area (Å²) in [6.07, 6.45) is 3.07. The average Bonchev–Trinajstić information content (AvgIpc) is 2.53. The van der Waals surface area contributed by atoms with E-state index < -0.39 is 0 Å². The van der Waals surface area contributed by atoms with Crippen molar-refractivity contribution in [3.63, 3.8) is 0 Å². The lowest BCUT2D eigenvalue weighted by atomic mass is 10.0. The van der Waals surface area contributed by atoms with Crippen molar-refractivity contribution in [3.05, 3.63) is 60.2 Å². The van der Waals surface area contributed by atoms with Gasteiger partial charge in [-0.15, -0.1) is 0 Å². The third kappa shape index (κ3) is 4.06. The highest BCUT2D eigenvalue weighted by Crippen LogP contribution is 2.28. The van der Waals surface area contributed by atoms with Gasteiger partial charge in [-0.2, -0.15) is 0 Å². The molecule has 0 atom stereocenters. The highest BCUT2D eigenvalue weighted by molar-refractivity contribution is 5.94. The zero-order valence-electron chi connectivity index (χ0n) is 12.5. The second-order valence-corrected chi connectivity index (χ2v) is 4.71. The van der Waals surface area contributed by atoms with E-state index in [0.717, 1.165) is 22.4 Å². The van der Waals surface area contributed by atoms with Crippen molar-refractivity contribution in [1.82, 2.24) is 0 Å². The highest BCUT2D eigenvalue weighted by Gasteiger charge is 2.05. The zero-order valence-corrected chi connectivity index (χ0v) is 12.5. The molecular formula is C18H17NO3. The molecule has 0 saturated carbocycles. The molecule has 1 N–H and O–H groups in total. The van der Waals surface area contributed by atoms with Crippen molar-refractivity contribution < 1.29 is 14.3 Å². The number of hydrogen-bond acceptors (Lipinski definition) is 3. The van der Waals surface area contributed by atoms with E-state index in [9.17, 15) is 9.59 Å². The molecule has 4 nitrogen and oxygen atoms in total. The standard InChI is InChI=1S/C18H17NO3/c1-13(20)19-17-6-4-3-5-16(17)15-10-7-14(8-11-15)9-12-18(21)22-2/h3-12H,1-2H3,(H,19,20). The quantitative estimate of drug-likeness (QED) is 0.694. The van der Waals surface area contributed by atoms with Crippen LogP contribution in [0, 0.1) is 0 Å². The van der Waals surface area contributed by atoms with E-state index in [1.165, 1.54) is 20.1 Å². The van der Waals surface area contributed by atoms with Gasteiger partial charge in [0.05, 0.1) is 7.11 Å². The minimum absolute atomic E-state index is 0.106. The van der Waals surface area contributed by atoms with Crippen LogP contribution < -0.4 is 5.32 Å². The van der Waals surface area contributed by atoms with Gasteiger partial charge in [0.1, 0.15) is 0 Å². The van der Waals surface area contributed by atoms with Gasteiger partial charge in [0.2, 0.25) is 5.91 Å². The Labute approximate surface area is 129 Å². The first-order valence-corrected chi connectivity index (χ1v) is 6.83. The molecule has 0 aliphatic rings. The third-order valence-corrected chi connectivity index (χ3v) is 3.07. The van der Waals surface area contributed by atoms with Gasteiger partial charge in [-0.1, -0.05) is 42.5 Å². The predicted octanol–water partition coefficient (Wildman–Crippen LogP) is 3.50. The Morgan fingerprint density at radius 3 is 2.36 bits per heavy atom. The van der Waals surface area contributed by atoms with E-state index in [-0.39, 0.29) is 11.9 Å². The molecule has 112 valence electrons. The number of anilines is 1. The Morgan fingerprint density at radius 1 is 1.05 bits per heavy atom. The maximum absolute atomic E-state index is 11.3. The van der Waals surface area contributed by atoms with Crippen LogP contribution in [0.2, 0.25) is 0 Å². The molecule has 1 amide bonds. The molecule has 0 fully saturated rings. The lowest BCUT2D eigenvalue weighted by molar-refractivity contribution is -0.134. The van der Waals surface area contributed by atoms with Gasteiger partial charge >= 0.3 is 5.97 Å². The van der Waals surface area contributed by atoms with Crippen LogP contribution in [0.25, 0.3) is 17.2 Å². The molecule has 0 saturated heterocycles. The normalized spacial score (nSPS) is 10.5. The summed E-state index contributed by atoms with van der Waals surface area (Å²) in [6.45, 7) is 1.48. The summed E-state index contributed by atoms with van der Waals surface area (Å²) in [5.41, 5.74) is 3.60. The van der Waals surface area contributed by atoms with Gasteiger partial charge in [-0.25, -0.2) is 4.79 Å². The number of para-hydroxylation sites is 1. The first kappa shape index (κ1) is 15.5. The summed E-state index contributed by atoms with van der Waals surface area (Å²) in [5.74, 6) is -0.495. The molecular weight excluding hydrogens is 278 g/mol. The lowest BCUT2D eigenvalue weighted by Crippen LogP contribution is -2.06. The van der Waals surface area contributed by atoms with Gasteiger partial charge in [0.15, 0.2) is 0 Å². The Morgan fingerprint density at radius 2 is 1.73 bits per heavy atom. The molecule has 22 heavy (non-hydrogen) atoms. The molecule has 0 aromatic heterocycles. The zero-order chi connectivity index (χ0) is 15.9. The fraction of sp³-hybridized carbons (Fsp3) is 0.111. The largest absolute Gasteiger partial charge is 0.466 e. The minimum Gasteiger partial charge on any atom is -0.466 e. The van der Waals surface area contributed by atoms with Crippen LogP contribution in [0.4, 0.5) is 5.69 Å². The predicted molar refractivity (Wildman–Crippen MR) is 87.2 cm³/mol. The summed E-state index contributed by atoms with van der Waals surface area (Å²) in [6, 6.07) is 15.3. The van der Waals surface area contributed by atoms with E-state index >= 15 is 0 Å². The number of benzene rings is 2. The fourth-order valence-electron chi connectivity index (χ4n) is 2.04. The number of esters is 1. The van der Waals surface area contributed by atoms with Crippen LogP contribution in [0.3, 0.4) is 0 Å². The number of carbonyl (C=O) groups excluding carboxylic acids is 2. The summed E-state index contributed by atoms with van der Waals surface area (Å²) in [4.78, 5) is 22.3. The summed E-state index contributed by atoms with van der Waals surface area (Å²) < 4.78 is 4.55. The molecule has 0 bridgehead atoms. The Bertz CT molecular complexity index is 703. The van der Waals surface area contributed by atoms with Crippen LogP contribution >= 0.6 is 0 Å². The molecule has 0 radical (unpaired) electrons. The number of nitrogens with one attached hydrogen (secondary N) is 1. The van der Waals surface area contributed by atoms with Gasteiger partial charge in [-0.05, 0) is 23.3 Å². The summed E-state index contributed by atoms with van der Waals surface area (Å²) >= 11 is 0. The minimum atomic E-state index is -0.389. The molecule has 0 unspecified atom stereocenters. The summed E-state index contributed by atoms with van der Waals surface area (Å²) in [7, 11) is 1.34. The number of hydrogen-bond donors (Lipinski definition) is 1. The summed E-state index contributed by atoms with van der Waals surface area (Å²) in [5, 5.41) is 2.82. The number of ether oxygens (including phenoxy) is 1. The molecule has 2 aromatic rings. The number of amides is 1. The average molecular weight is 295 g/mol. The van der Waals surface area contributed by atoms with Gasteiger partial charge in [0, 0.05) is 24.3 Å². The van der Waals surface area contributed by atoms with E-state index in [1.807, 2.05) is 48.5 Å². The maximum atomic E-state index is 11.3. The van der Waals surface area contributed by atoms with Gasteiger partial charge in [0.25, 0.3) is 0 Å². The highest BCUT2D eigenvalue weighted by atomic mass is 16.5. The van der Waals surface area contributed by atoms with Crippen molar-refractivity contribution in [2.75, 3.05) is 12.4 Å². The molecule has 0 aliphatic carbocycles. The van der Waals surface area contributed by atoms with Crippen molar-refractivity contribution in [1.29, 1.82) is 0 Å². The van der Waals surface area contributed by atoms with Crippen LogP contribution in [0.15, 0.2) is 54.6 Å². The second kappa shape index (κ2) is 7.22. The fourth-order valence-corrected chi connectivity index (χ4v) is 2.04. The maximum Gasteiger partial charge on any atom is 0.330 e. The SMILES string of the molecule is COC(=O)C=Cc1ccc(-c2ccccc2NC(C)=O)cc1. The lowest BCUT2D eigenvalue weighted by Gasteiger charge is -2.10. The van der Waals surface area contributed by atoms with Crippen molar-refractivity contribution in [2.45, 2.75) is 6.92 Å². The van der Waals surface area contributed by atoms with Crippen LogP contribution in [-0.2, 0) is 14.3 Å². The third-order valence-electron chi connectivity index (χ3n) is 3.07. The van der Waals surface area contributed by atoms with Crippen molar-refractivity contribution in [3.8, 4) is 11.1 Å².